The van der Waals surface area contributed by atoms with E-state index in [1.807, 2.05) is 35.0 Å². The molecule has 3 aromatic rings. The van der Waals surface area contributed by atoms with Crippen LogP contribution >= 0.6 is 11.3 Å². The number of rotatable bonds is 6. The SMILES string of the molecule is CNc1ccccc1C(=O)Nc1ccc(C(=O)/C=C/c2ccsc2)cc1. The van der Waals surface area contributed by atoms with Crippen molar-refractivity contribution in [3.8, 4) is 0 Å². The van der Waals surface area contributed by atoms with Crippen molar-refractivity contribution in [3.63, 3.8) is 0 Å². The minimum atomic E-state index is -0.202. The third-order valence-electron chi connectivity index (χ3n) is 3.84. The van der Waals surface area contributed by atoms with Crippen LogP contribution in [0.2, 0.25) is 0 Å². The maximum absolute atomic E-state index is 12.4. The summed E-state index contributed by atoms with van der Waals surface area (Å²) in [5.74, 6) is -0.277. The molecule has 26 heavy (non-hydrogen) atoms. The monoisotopic (exact) mass is 362 g/mol. The van der Waals surface area contributed by atoms with Crippen molar-refractivity contribution in [1.29, 1.82) is 0 Å². The Bertz CT molecular complexity index is 929. The highest BCUT2D eigenvalue weighted by molar-refractivity contribution is 7.08. The third-order valence-corrected chi connectivity index (χ3v) is 4.54. The molecule has 0 bridgehead atoms. The van der Waals surface area contributed by atoms with Crippen molar-refractivity contribution in [3.05, 3.63) is 88.1 Å². The highest BCUT2D eigenvalue weighted by Gasteiger charge is 2.10. The number of hydrogen-bond donors (Lipinski definition) is 2. The Kier molecular flexibility index (Phi) is 5.61. The Labute approximate surface area is 156 Å². The summed E-state index contributed by atoms with van der Waals surface area (Å²) < 4.78 is 0. The van der Waals surface area contributed by atoms with Gasteiger partial charge >= 0.3 is 0 Å². The van der Waals surface area contributed by atoms with Gasteiger partial charge in [0.05, 0.1) is 5.56 Å². The lowest BCUT2D eigenvalue weighted by Crippen LogP contribution is -2.14. The summed E-state index contributed by atoms with van der Waals surface area (Å²) in [4.78, 5) is 24.6. The fourth-order valence-electron chi connectivity index (χ4n) is 2.45. The van der Waals surface area contributed by atoms with Gasteiger partial charge in [-0.25, -0.2) is 0 Å². The van der Waals surface area contributed by atoms with Gasteiger partial charge in [-0.1, -0.05) is 18.2 Å². The average Bonchev–Trinajstić information content (AvgIpc) is 3.20. The van der Waals surface area contributed by atoms with Gasteiger partial charge in [-0.05, 0) is 64.9 Å². The molecule has 0 saturated heterocycles. The molecule has 130 valence electrons. The van der Waals surface area contributed by atoms with Gasteiger partial charge in [-0.3, -0.25) is 9.59 Å². The summed E-state index contributed by atoms with van der Waals surface area (Å²) in [5.41, 5.74) is 3.55. The van der Waals surface area contributed by atoms with E-state index >= 15 is 0 Å². The summed E-state index contributed by atoms with van der Waals surface area (Å²) in [7, 11) is 1.77. The topological polar surface area (TPSA) is 58.2 Å². The van der Waals surface area contributed by atoms with Crippen molar-refractivity contribution in [2.24, 2.45) is 0 Å². The van der Waals surface area contributed by atoms with Crippen LogP contribution in [0.25, 0.3) is 6.08 Å². The second kappa shape index (κ2) is 8.27. The molecule has 0 atom stereocenters. The minimum absolute atomic E-state index is 0.0744. The molecule has 2 aromatic carbocycles. The van der Waals surface area contributed by atoms with E-state index in [-0.39, 0.29) is 11.7 Å². The normalized spacial score (nSPS) is 10.7. The van der Waals surface area contributed by atoms with Gasteiger partial charge in [0, 0.05) is 24.0 Å². The minimum Gasteiger partial charge on any atom is -0.387 e. The lowest BCUT2D eigenvalue weighted by molar-refractivity contribution is 0.102. The molecule has 0 radical (unpaired) electrons. The predicted octanol–water partition coefficient (Wildman–Crippen LogP) is 4.94. The average molecular weight is 362 g/mol. The van der Waals surface area contributed by atoms with Crippen LogP contribution in [-0.2, 0) is 0 Å². The number of ketones is 1. The predicted molar refractivity (Wildman–Crippen MR) is 108 cm³/mol. The first-order valence-electron chi connectivity index (χ1n) is 8.10. The Balaban J connectivity index is 1.67. The first-order valence-corrected chi connectivity index (χ1v) is 9.04. The van der Waals surface area contributed by atoms with Crippen LogP contribution in [0.5, 0.6) is 0 Å². The maximum Gasteiger partial charge on any atom is 0.257 e. The lowest BCUT2D eigenvalue weighted by atomic mass is 10.1. The van der Waals surface area contributed by atoms with Crippen molar-refractivity contribution in [2.75, 3.05) is 17.7 Å². The summed E-state index contributed by atoms with van der Waals surface area (Å²) >= 11 is 1.59. The molecular formula is C21H18N2O2S. The lowest BCUT2D eigenvalue weighted by Gasteiger charge is -2.10. The smallest absolute Gasteiger partial charge is 0.257 e. The van der Waals surface area contributed by atoms with E-state index < -0.39 is 0 Å². The number of allylic oxidation sites excluding steroid dienone is 1. The quantitative estimate of drug-likeness (QED) is 0.482. The Morgan fingerprint density at radius 2 is 1.77 bits per heavy atom. The molecule has 0 saturated carbocycles. The molecule has 1 aromatic heterocycles. The number of hydrogen-bond acceptors (Lipinski definition) is 4. The zero-order valence-corrected chi connectivity index (χ0v) is 15.0. The van der Waals surface area contributed by atoms with E-state index in [1.165, 1.54) is 0 Å². The molecule has 0 spiro atoms. The van der Waals surface area contributed by atoms with Crippen LogP contribution in [0.4, 0.5) is 11.4 Å². The highest BCUT2D eigenvalue weighted by Crippen LogP contribution is 2.17. The largest absolute Gasteiger partial charge is 0.387 e. The second-order valence-corrected chi connectivity index (χ2v) is 6.36. The zero-order valence-electron chi connectivity index (χ0n) is 14.2. The molecule has 0 fully saturated rings. The fourth-order valence-corrected chi connectivity index (χ4v) is 3.08. The van der Waals surface area contributed by atoms with Gasteiger partial charge in [0.25, 0.3) is 5.91 Å². The number of para-hydroxylation sites is 1. The van der Waals surface area contributed by atoms with E-state index in [2.05, 4.69) is 10.6 Å². The zero-order chi connectivity index (χ0) is 18.4. The van der Waals surface area contributed by atoms with E-state index in [9.17, 15) is 9.59 Å². The summed E-state index contributed by atoms with van der Waals surface area (Å²) in [6.07, 6.45) is 3.35. The highest BCUT2D eigenvalue weighted by atomic mass is 32.1. The molecule has 0 aliphatic rings. The first kappa shape index (κ1) is 17.6. The molecule has 2 N–H and O–H groups in total. The van der Waals surface area contributed by atoms with Crippen LogP contribution in [0.1, 0.15) is 26.3 Å². The van der Waals surface area contributed by atoms with Crippen LogP contribution in [0.3, 0.4) is 0 Å². The molecule has 1 amide bonds. The van der Waals surface area contributed by atoms with E-state index in [4.69, 9.17) is 0 Å². The van der Waals surface area contributed by atoms with E-state index in [0.717, 1.165) is 11.3 Å². The van der Waals surface area contributed by atoms with Gasteiger partial charge in [-0.15, -0.1) is 0 Å². The molecule has 5 heteroatoms. The summed E-state index contributed by atoms with van der Waals surface area (Å²) in [5, 5.41) is 9.79. The third kappa shape index (κ3) is 4.26. The molecule has 1 heterocycles. The van der Waals surface area contributed by atoms with Gasteiger partial charge < -0.3 is 10.6 Å². The van der Waals surface area contributed by atoms with Gasteiger partial charge in [0.1, 0.15) is 0 Å². The Morgan fingerprint density at radius 3 is 2.46 bits per heavy atom. The van der Waals surface area contributed by atoms with Crippen LogP contribution < -0.4 is 10.6 Å². The van der Waals surface area contributed by atoms with Gasteiger partial charge in [-0.2, -0.15) is 11.3 Å². The molecule has 0 aliphatic heterocycles. The number of amides is 1. The first-order chi connectivity index (χ1) is 12.7. The van der Waals surface area contributed by atoms with E-state index in [1.54, 1.807) is 60.9 Å². The second-order valence-electron chi connectivity index (χ2n) is 5.58. The number of carbonyl (C=O) groups excluding carboxylic acids is 2. The van der Waals surface area contributed by atoms with Crippen molar-refractivity contribution >= 4 is 40.5 Å². The molecule has 3 rings (SSSR count). The molecular weight excluding hydrogens is 344 g/mol. The Morgan fingerprint density at radius 1 is 1.00 bits per heavy atom. The number of nitrogens with one attached hydrogen (secondary N) is 2. The fraction of sp³-hybridized carbons (Fsp3) is 0.0476. The van der Waals surface area contributed by atoms with Gasteiger partial charge in [0.15, 0.2) is 5.78 Å². The molecule has 0 unspecified atom stereocenters. The maximum atomic E-state index is 12.4. The molecule has 4 nitrogen and oxygen atoms in total. The van der Waals surface area contributed by atoms with Crippen LogP contribution in [-0.4, -0.2) is 18.7 Å². The number of carbonyl (C=O) groups is 2. The number of anilines is 2. The van der Waals surface area contributed by atoms with E-state index in [0.29, 0.717) is 16.8 Å². The van der Waals surface area contributed by atoms with Crippen LogP contribution in [0, 0.1) is 0 Å². The number of benzene rings is 2. The van der Waals surface area contributed by atoms with Crippen molar-refractivity contribution < 1.29 is 9.59 Å². The summed E-state index contributed by atoms with van der Waals surface area (Å²) in [6, 6.07) is 16.1. The van der Waals surface area contributed by atoms with Crippen molar-refractivity contribution in [1.82, 2.24) is 0 Å². The Hall–Kier alpha value is -3.18. The van der Waals surface area contributed by atoms with Crippen molar-refractivity contribution in [2.45, 2.75) is 0 Å². The van der Waals surface area contributed by atoms with Gasteiger partial charge in [0.2, 0.25) is 0 Å². The standard InChI is InChI=1S/C21H18N2O2S/c1-22-19-5-3-2-4-18(19)21(25)23-17-9-7-16(8-10-17)20(24)11-6-15-12-13-26-14-15/h2-14,22H,1H3,(H,23,25)/b11-6+. The summed E-state index contributed by atoms with van der Waals surface area (Å²) in [6.45, 7) is 0. The molecule has 0 aliphatic carbocycles. The van der Waals surface area contributed by atoms with Crippen LogP contribution in [0.15, 0.2) is 71.4 Å². The number of thiophene rings is 1.